The van der Waals surface area contributed by atoms with Gasteiger partial charge in [-0.25, -0.2) is 0 Å². The number of fused-ring (bicyclic) bond motifs is 3. The molecule has 5 aromatic carbocycles. The van der Waals surface area contributed by atoms with E-state index in [4.69, 9.17) is 4.42 Å². The third-order valence-electron chi connectivity index (χ3n) is 5.87. The first-order valence-electron chi connectivity index (χ1n) is 10.8. The minimum atomic E-state index is 0.882. The van der Waals surface area contributed by atoms with E-state index < -0.39 is 0 Å². The second kappa shape index (κ2) is 7.75. The highest BCUT2D eigenvalue weighted by Gasteiger charge is 2.10. The van der Waals surface area contributed by atoms with Crippen LogP contribution in [0.1, 0.15) is 0 Å². The first-order valence-corrected chi connectivity index (χ1v) is 10.8. The highest BCUT2D eigenvalue weighted by Crippen LogP contribution is 2.35. The molecule has 0 amide bonds. The second-order valence-electron chi connectivity index (χ2n) is 7.93. The van der Waals surface area contributed by atoms with Crippen molar-refractivity contribution in [3.05, 3.63) is 121 Å². The van der Waals surface area contributed by atoms with Crippen molar-refractivity contribution in [2.45, 2.75) is 0 Å². The lowest BCUT2D eigenvalue weighted by atomic mass is 10.0. The lowest BCUT2D eigenvalue weighted by molar-refractivity contribution is 0.669. The lowest BCUT2D eigenvalue weighted by Gasteiger charge is -2.12. The fourth-order valence-electron chi connectivity index (χ4n) is 4.28. The van der Waals surface area contributed by atoms with E-state index in [-0.39, 0.29) is 0 Å². The molecule has 6 aromatic rings. The summed E-state index contributed by atoms with van der Waals surface area (Å²) in [6.07, 6.45) is 0. The molecule has 1 N–H and O–H groups in total. The first kappa shape index (κ1) is 18.5. The zero-order chi connectivity index (χ0) is 21.3. The number of rotatable bonds is 4. The Morgan fingerprint density at radius 2 is 1.09 bits per heavy atom. The number of hydrogen-bond donors (Lipinski definition) is 1. The van der Waals surface area contributed by atoms with Crippen LogP contribution in [0.2, 0.25) is 0 Å². The Morgan fingerprint density at radius 3 is 1.88 bits per heavy atom. The third kappa shape index (κ3) is 3.32. The van der Waals surface area contributed by atoms with E-state index in [0.29, 0.717) is 0 Å². The van der Waals surface area contributed by atoms with Crippen molar-refractivity contribution in [1.29, 1.82) is 0 Å². The van der Waals surface area contributed by atoms with Gasteiger partial charge in [-0.1, -0.05) is 84.9 Å². The predicted octanol–water partition coefficient (Wildman–Crippen LogP) is 8.66. The van der Waals surface area contributed by atoms with Gasteiger partial charge in [0.15, 0.2) is 0 Å². The van der Waals surface area contributed by atoms with E-state index in [1.165, 1.54) is 16.7 Å². The summed E-state index contributed by atoms with van der Waals surface area (Å²) in [6.45, 7) is 0. The van der Waals surface area contributed by atoms with Gasteiger partial charge in [-0.05, 0) is 47.0 Å². The van der Waals surface area contributed by atoms with Gasteiger partial charge in [0.1, 0.15) is 11.2 Å². The third-order valence-corrected chi connectivity index (χ3v) is 5.87. The molecule has 0 radical (unpaired) electrons. The summed E-state index contributed by atoms with van der Waals surface area (Å²) in [6, 6.07) is 42.0. The molecule has 0 spiro atoms. The van der Waals surface area contributed by atoms with Crippen molar-refractivity contribution in [2.75, 3.05) is 5.32 Å². The van der Waals surface area contributed by atoms with Crippen molar-refractivity contribution in [1.82, 2.24) is 0 Å². The summed E-state index contributed by atoms with van der Waals surface area (Å²) in [5.41, 5.74) is 8.57. The fraction of sp³-hybridized carbons (Fsp3) is 0. The molecule has 1 heterocycles. The molecule has 0 saturated carbocycles. The number of anilines is 2. The average molecular weight is 412 g/mol. The van der Waals surface area contributed by atoms with Gasteiger partial charge in [0.05, 0.1) is 0 Å². The lowest BCUT2D eigenvalue weighted by Crippen LogP contribution is -1.93. The van der Waals surface area contributed by atoms with Crippen LogP contribution in [0.3, 0.4) is 0 Å². The van der Waals surface area contributed by atoms with Crippen molar-refractivity contribution in [3.8, 4) is 22.3 Å². The van der Waals surface area contributed by atoms with Gasteiger partial charge in [-0.15, -0.1) is 0 Å². The van der Waals surface area contributed by atoms with Gasteiger partial charge in [0, 0.05) is 33.8 Å². The summed E-state index contributed by atoms with van der Waals surface area (Å²) in [7, 11) is 0. The van der Waals surface area contributed by atoms with Crippen LogP contribution in [0.25, 0.3) is 44.2 Å². The van der Waals surface area contributed by atoms with Crippen LogP contribution >= 0.6 is 0 Å². The Labute approximate surface area is 186 Å². The van der Waals surface area contributed by atoms with E-state index in [1.807, 2.05) is 12.1 Å². The van der Waals surface area contributed by atoms with Crippen LogP contribution in [0.5, 0.6) is 0 Å². The van der Waals surface area contributed by atoms with Crippen molar-refractivity contribution in [2.24, 2.45) is 0 Å². The Bertz CT molecular complexity index is 1530. The normalized spacial score (nSPS) is 11.1. The topological polar surface area (TPSA) is 25.2 Å². The van der Waals surface area contributed by atoms with Gasteiger partial charge in [-0.3, -0.25) is 0 Å². The molecule has 0 saturated heterocycles. The van der Waals surface area contributed by atoms with Crippen molar-refractivity contribution < 1.29 is 4.42 Å². The number of benzene rings is 5. The van der Waals surface area contributed by atoms with E-state index >= 15 is 0 Å². The molecule has 6 rings (SSSR count). The van der Waals surface area contributed by atoms with Gasteiger partial charge in [0.2, 0.25) is 0 Å². The van der Waals surface area contributed by atoms with E-state index in [9.17, 15) is 0 Å². The van der Waals surface area contributed by atoms with Gasteiger partial charge in [-0.2, -0.15) is 0 Å². The van der Waals surface area contributed by atoms with Crippen LogP contribution in [0, 0.1) is 0 Å². The molecule has 0 fully saturated rings. The smallest absolute Gasteiger partial charge is 0.137 e. The average Bonchev–Trinajstić information content (AvgIpc) is 3.22. The van der Waals surface area contributed by atoms with Crippen LogP contribution in [-0.4, -0.2) is 0 Å². The monoisotopic (exact) mass is 411 g/mol. The fourth-order valence-corrected chi connectivity index (χ4v) is 4.28. The Kier molecular flexibility index (Phi) is 4.47. The Hall–Kier alpha value is -4.30. The van der Waals surface area contributed by atoms with Crippen LogP contribution in [0.15, 0.2) is 126 Å². The molecule has 152 valence electrons. The zero-order valence-corrected chi connectivity index (χ0v) is 17.5. The van der Waals surface area contributed by atoms with E-state index in [1.54, 1.807) is 0 Å². The zero-order valence-electron chi connectivity index (χ0n) is 17.5. The first-order chi connectivity index (χ1) is 15.8. The molecule has 0 bridgehead atoms. The van der Waals surface area contributed by atoms with Gasteiger partial charge in [0.25, 0.3) is 0 Å². The maximum absolute atomic E-state index is 6.27. The molecule has 0 aliphatic rings. The van der Waals surface area contributed by atoms with E-state index in [0.717, 1.165) is 38.9 Å². The molecule has 0 atom stereocenters. The minimum Gasteiger partial charge on any atom is -0.456 e. The summed E-state index contributed by atoms with van der Waals surface area (Å²) < 4.78 is 6.27. The molecule has 1 aromatic heterocycles. The molecule has 2 nitrogen and oxygen atoms in total. The van der Waals surface area contributed by atoms with Crippen LogP contribution in [0.4, 0.5) is 11.4 Å². The minimum absolute atomic E-state index is 0.882. The Balaban J connectivity index is 1.38. The summed E-state index contributed by atoms with van der Waals surface area (Å²) >= 11 is 0. The second-order valence-corrected chi connectivity index (χ2v) is 7.93. The molecule has 0 aliphatic carbocycles. The highest BCUT2D eigenvalue weighted by atomic mass is 16.3. The standard InChI is InChI=1S/C30H21NO/c1-3-9-21(10-4-1)23-15-17-26-27-18-16-24(20-30(27)32-29(26)19-23)31-28-14-8-7-13-25(28)22-11-5-2-6-12-22/h1-20,31H. The van der Waals surface area contributed by atoms with Crippen LogP contribution < -0.4 is 5.32 Å². The highest BCUT2D eigenvalue weighted by molar-refractivity contribution is 6.06. The summed E-state index contributed by atoms with van der Waals surface area (Å²) in [5.74, 6) is 0. The summed E-state index contributed by atoms with van der Waals surface area (Å²) in [4.78, 5) is 0. The SMILES string of the molecule is c1ccc(-c2ccc3c(c2)oc2cc(Nc4ccccc4-c4ccccc4)ccc23)cc1. The molecule has 2 heteroatoms. The number of furan rings is 1. The quantitative estimate of drug-likeness (QED) is 0.314. The number of nitrogens with one attached hydrogen (secondary N) is 1. The predicted molar refractivity (Wildman–Crippen MR) is 134 cm³/mol. The van der Waals surface area contributed by atoms with Crippen LogP contribution in [-0.2, 0) is 0 Å². The number of para-hydroxylation sites is 1. The summed E-state index contributed by atoms with van der Waals surface area (Å²) in [5, 5.41) is 5.85. The van der Waals surface area contributed by atoms with Gasteiger partial charge >= 0.3 is 0 Å². The molecule has 0 aliphatic heterocycles. The Morgan fingerprint density at radius 1 is 0.469 bits per heavy atom. The van der Waals surface area contributed by atoms with Crippen molar-refractivity contribution in [3.63, 3.8) is 0 Å². The largest absolute Gasteiger partial charge is 0.456 e. The van der Waals surface area contributed by atoms with E-state index in [2.05, 4.69) is 115 Å². The van der Waals surface area contributed by atoms with Crippen molar-refractivity contribution >= 4 is 33.3 Å². The maximum atomic E-state index is 6.27. The van der Waals surface area contributed by atoms with Gasteiger partial charge < -0.3 is 9.73 Å². The number of hydrogen-bond acceptors (Lipinski definition) is 2. The molecular formula is C30H21NO. The molecular weight excluding hydrogens is 390 g/mol. The molecule has 0 unspecified atom stereocenters. The molecule has 32 heavy (non-hydrogen) atoms. The maximum Gasteiger partial charge on any atom is 0.137 e.